The Morgan fingerprint density at radius 2 is 1.25 bits per heavy atom. The van der Waals surface area contributed by atoms with Crippen molar-refractivity contribution in [3.8, 4) is 0 Å². The van der Waals surface area contributed by atoms with Gasteiger partial charge >= 0.3 is 0 Å². The van der Waals surface area contributed by atoms with Gasteiger partial charge in [0.05, 0.1) is 0 Å². The van der Waals surface area contributed by atoms with E-state index in [4.69, 9.17) is 0 Å². The molecule has 0 radical (unpaired) electrons. The maximum atomic E-state index is 10.6. The lowest BCUT2D eigenvalue weighted by molar-refractivity contribution is -0.119. The Morgan fingerprint density at radius 3 is 1.56 bits per heavy atom. The second-order valence-electron chi connectivity index (χ2n) is 4.20. The molecule has 16 heavy (non-hydrogen) atoms. The van der Waals surface area contributed by atoms with Crippen LogP contribution in [0, 0.1) is 0 Å². The fourth-order valence-corrected chi connectivity index (χ4v) is 1.31. The lowest BCUT2D eigenvalue weighted by Crippen LogP contribution is -1.93. The number of rotatable bonds is 8. The molecule has 0 saturated heterocycles. The van der Waals surface area contributed by atoms with Gasteiger partial charge in [-0.1, -0.05) is 33.6 Å². The van der Waals surface area contributed by atoms with Crippen molar-refractivity contribution in [1.29, 1.82) is 0 Å². The lowest BCUT2D eigenvalue weighted by atomic mass is 10.1. The Balaban J connectivity index is 0. The summed E-state index contributed by atoms with van der Waals surface area (Å²) in [6.07, 6.45) is 7.78. The molecule has 2 nitrogen and oxygen atoms in total. The molecular weight excluding hydrogens is 200 g/mol. The van der Waals surface area contributed by atoms with E-state index >= 15 is 0 Å². The van der Waals surface area contributed by atoms with E-state index in [1.165, 1.54) is 12.8 Å². The van der Waals surface area contributed by atoms with Crippen LogP contribution in [0.1, 0.15) is 79.1 Å². The number of hydrogen-bond acceptors (Lipinski definition) is 2. The van der Waals surface area contributed by atoms with Crippen LogP contribution < -0.4 is 0 Å². The molecule has 0 aromatic rings. The van der Waals surface area contributed by atoms with E-state index in [9.17, 15) is 9.59 Å². The number of Topliss-reactive ketones (excluding diaryl/α,β-unsaturated/α-hetero) is 2. The summed E-state index contributed by atoms with van der Waals surface area (Å²) in [7, 11) is 0. The summed E-state index contributed by atoms with van der Waals surface area (Å²) in [5, 5.41) is 0. The number of carbonyl (C=O) groups is 2. The zero-order chi connectivity index (χ0) is 12.8. The fraction of sp³-hybridized carbons (Fsp3) is 0.857. The number of unbranched alkanes of at least 4 members (excludes halogenated alkanes) is 2. The van der Waals surface area contributed by atoms with E-state index < -0.39 is 0 Å². The van der Waals surface area contributed by atoms with E-state index in [0.717, 1.165) is 38.5 Å². The Labute approximate surface area is 101 Å². The molecule has 0 fully saturated rings. The molecule has 0 spiro atoms. The maximum Gasteiger partial charge on any atom is 0.132 e. The highest BCUT2D eigenvalue weighted by molar-refractivity contribution is 5.78. The van der Waals surface area contributed by atoms with Crippen LogP contribution in [0.2, 0.25) is 0 Å². The first-order valence-electron chi connectivity index (χ1n) is 6.59. The minimum absolute atomic E-state index is 0.318. The van der Waals surface area contributed by atoms with Crippen LogP contribution in [0.3, 0.4) is 0 Å². The Morgan fingerprint density at radius 1 is 0.750 bits per heavy atom. The van der Waals surface area contributed by atoms with E-state index in [1.54, 1.807) is 6.92 Å². The van der Waals surface area contributed by atoms with Crippen molar-refractivity contribution in [2.24, 2.45) is 0 Å². The van der Waals surface area contributed by atoms with Gasteiger partial charge in [0.15, 0.2) is 0 Å². The second kappa shape index (κ2) is 14.3. The zero-order valence-electron chi connectivity index (χ0n) is 11.5. The van der Waals surface area contributed by atoms with Crippen molar-refractivity contribution >= 4 is 11.6 Å². The molecule has 2 heteroatoms. The summed E-state index contributed by atoms with van der Waals surface area (Å²) in [6, 6.07) is 0. The fourth-order valence-electron chi connectivity index (χ4n) is 1.31. The first-order valence-corrected chi connectivity index (χ1v) is 6.59. The van der Waals surface area contributed by atoms with Gasteiger partial charge in [-0.2, -0.15) is 0 Å². The van der Waals surface area contributed by atoms with Crippen LogP contribution in [-0.4, -0.2) is 11.6 Å². The summed E-state index contributed by atoms with van der Waals surface area (Å²) in [5.41, 5.74) is 0. The molecule has 0 aliphatic rings. The highest BCUT2D eigenvalue weighted by Gasteiger charge is 1.94. The monoisotopic (exact) mass is 228 g/mol. The van der Waals surface area contributed by atoms with Crippen molar-refractivity contribution in [2.75, 3.05) is 0 Å². The Bertz CT molecular complexity index is 166. The third-order valence-corrected chi connectivity index (χ3v) is 2.19. The van der Waals surface area contributed by atoms with Gasteiger partial charge < -0.3 is 4.79 Å². The van der Waals surface area contributed by atoms with Crippen LogP contribution in [0.5, 0.6) is 0 Å². The molecule has 0 aliphatic carbocycles. The molecule has 0 atom stereocenters. The third-order valence-electron chi connectivity index (χ3n) is 2.19. The average Bonchev–Trinajstić information content (AvgIpc) is 2.19. The molecule has 96 valence electrons. The van der Waals surface area contributed by atoms with Gasteiger partial charge in [0, 0.05) is 19.3 Å². The van der Waals surface area contributed by atoms with Crippen LogP contribution in [0.4, 0.5) is 0 Å². The number of hydrogen-bond donors (Lipinski definition) is 0. The van der Waals surface area contributed by atoms with Gasteiger partial charge in [0.2, 0.25) is 0 Å². The van der Waals surface area contributed by atoms with E-state index in [2.05, 4.69) is 6.92 Å². The van der Waals surface area contributed by atoms with Gasteiger partial charge in [-0.25, -0.2) is 0 Å². The predicted octanol–water partition coefficient (Wildman–Crippen LogP) is 4.31. The molecule has 0 saturated carbocycles. The lowest BCUT2D eigenvalue weighted by Gasteiger charge is -1.91. The summed E-state index contributed by atoms with van der Waals surface area (Å²) in [6.45, 7) is 7.86. The van der Waals surface area contributed by atoms with Crippen molar-refractivity contribution in [1.82, 2.24) is 0 Å². The van der Waals surface area contributed by atoms with Gasteiger partial charge in [-0.05, 0) is 26.2 Å². The van der Waals surface area contributed by atoms with Crippen molar-refractivity contribution in [3.05, 3.63) is 0 Å². The minimum atomic E-state index is 0.318. The standard InChI is InChI=1S/2C7H14O/c1-3-4-5-6-7(2)8;1-3-5-7(8)6-4-2/h2*3-6H2,1-2H3. The molecule has 0 aliphatic heterocycles. The second-order valence-corrected chi connectivity index (χ2v) is 4.20. The normalized spacial score (nSPS) is 9.25. The molecular formula is C14H28O2. The molecule has 0 aromatic heterocycles. The van der Waals surface area contributed by atoms with Gasteiger partial charge in [0.1, 0.15) is 11.6 Å². The van der Waals surface area contributed by atoms with Crippen LogP contribution in [0.25, 0.3) is 0 Å². The van der Waals surface area contributed by atoms with E-state index in [0.29, 0.717) is 11.6 Å². The number of ketones is 2. The molecule has 0 rings (SSSR count). The topological polar surface area (TPSA) is 34.1 Å². The molecule has 0 amide bonds. The summed E-state index contributed by atoms with van der Waals surface area (Å²) >= 11 is 0. The largest absolute Gasteiger partial charge is 0.300 e. The van der Waals surface area contributed by atoms with Crippen molar-refractivity contribution < 1.29 is 9.59 Å². The smallest absolute Gasteiger partial charge is 0.132 e. The van der Waals surface area contributed by atoms with Crippen LogP contribution in [0.15, 0.2) is 0 Å². The first kappa shape index (κ1) is 17.7. The summed E-state index contributed by atoms with van der Waals surface area (Å²) < 4.78 is 0. The minimum Gasteiger partial charge on any atom is -0.300 e. The first-order chi connectivity index (χ1) is 7.58. The number of carbonyl (C=O) groups excluding carboxylic acids is 2. The Hall–Kier alpha value is -0.660. The SMILES string of the molecule is CCCC(=O)CCC.CCCCCC(C)=O. The van der Waals surface area contributed by atoms with Crippen molar-refractivity contribution in [3.63, 3.8) is 0 Å². The van der Waals surface area contributed by atoms with Crippen LogP contribution in [-0.2, 0) is 9.59 Å². The maximum absolute atomic E-state index is 10.6. The van der Waals surface area contributed by atoms with E-state index in [1.807, 2.05) is 13.8 Å². The quantitative estimate of drug-likeness (QED) is 0.580. The third kappa shape index (κ3) is 19.0. The van der Waals surface area contributed by atoms with Crippen LogP contribution >= 0.6 is 0 Å². The predicted molar refractivity (Wildman–Crippen MR) is 69.6 cm³/mol. The van der Waals surface area contributed by atoms with E-state index in [-0.39, 0.29) is 0 Å². The Kier molecular flexibility index (Phi) is 15.9. The van der Waals surface area contributed by atoms with Gasteiger partial charge in [-0.3, -0.25) is 4.79 Å². The molecule has 0 heterocycles. The molecule has 0 bridgehead atoms. The van der Waals surface area contributed by atoms with Gasteiger partial charge in [-0.15, -0.1) is 0 Å². The summed E-state index contributed by atoms with van der Waals surface area (Å²) in [5.74, 6) is 0.730. The highest BCUT2D eigenvalue weighted by Crippen LogP contribution is 1.98. The molecule has 0 aromatic carbocycles. The molecule has 0 N–H and O–H groups in total. The highest BCUT2D eigenvalue weighted by atomic mass is 16.1. The average molecular weight is 228 g/mol. The molecule has 0 unspecified atom stereocenters. The zero-order valence-corrected chi connectivity index (χ0v) is 11.5. The van der Waals surface area contributed by atoms with Crippen molar-refractivity contribution in [2.45, 2.75) is 79.1 Å². The van der Waals surface area contributed by atoms with Gasteiger partial charge in [0.25, 0.3) is 0 Å². The summed E-state index contributed by atoms with van der Waals surface area (Å²) in [4.78, 5) is 21.0.